The second kappa shape index (κ2) is 5.17. The molecule has 1 saturated carbocycles. The maximum absolute atomic E-state index is 12.4. The van der Waals surface area contributed by atoms with Gasteiger partial charge in [0.1, 0.15) is 5.41 Å². The number of benzene rings is 1. The Morgan fingerprint density at radius 3 is 2.19 bits per heavy atom. The van der Waals surface area contributed by atoms with Crippen LogP contribution in [-0.4, -0.2) is 35.5 Å². The Hall–Kier alpha value is -1.84. The summed E-state index contributed by atoms with van der Waals surface area (Å²) in [5.74, 6) is -1.26. The van der Waals surface area contributed by atoms with Crippen molar-refractivity contribution in [1.29, 1.82) is 0 Å². The van der Waals surface area contributed by atoms with Gasteiger partial charge in [-0.15, -0.1) is 0 Å². The van der Waals surface area contributed by atoms with Crippen molar-refractivity contribution in [2.45, 2.75) is 39.0 Å². The Bertz CT molecular complexity index is 556. The van der Waals surface area contributed by atoms with E-state index in [0.717, 1.165) is 5.56 Å². The van der Waals surface area contributed by atoms with E-state index in [1.807, 2.05) is 6.92 Å². The summed E-state index contributed by atoms with van der Waals surface area (Å²) in [5, 5.41) is 9.22. The molecule has 0 aromatic heterocycles. The standard InChI is InChI=1S/C17H23NO3/c1-12-5-7-13(8-6-12)16(2,3)11-18(4)14(19)17(9-10-17)15(20)21/h5-8H,9-11H2,1-4H3,(H,20,21). The minimum Gasteiger partial charge on any atom is -0.480 e. The van der Waals surface area contributed by atoms with Crippen molar-refractivity contribution in [3.05, 3.63) is 35.4 Å². The number of amides is 1. The highest BCUT2D eigenvalue weighted by molar-refractivity contribution is 6.04. The predicted octanol–water partition coefficient (Wildman–Crippen LogP) is 2.60. The number of carboxylic acid groups (broad SMARTS) is 1. The predicted molar refractivity (Wildman–Crippen MR) is 81.1 cm³/mol. The zero-order chi connectivity index (χ0) is 15.8. The summed E-state index contributed by atoms with van der Waals surface area (Å²) in [6.07, 6.45) is 0.910. The first-order valence-corrected chi connectivity index (χ1v) is 7.25. The number of carboxylic acids is 1. The van der Waals surface area contributed by atoms with Gasteiger partial charge in [-0.2, -0.15) is 0 Å². The van der Waals surface area contributed by atoms with Crippen LogP contribution < -0.4 is 0 Å². The zero-order valence-electron chi connectivity index (χ0n) is 13.1. The molecule has 1 aliphatic rings. The van der Waals surface area contributed by atoms with E-state index in [0.29, 0.717) is 19.4 Å². The van der Waals surface area contributed by atoms with Crippen LogP contribution in [0.2, 0.25) is 0 Å². The Morgan fingerprint density at radius 1 is 1.24 bits per heavy atom. The third-order valence-corrected chi connectivity index (χ3v) is 4.38. The lowest BCUT2D eigenvalue weighted by atomic mass is 9.83. The molecule has 1 aromatic carbocycles. The van der Waals surface area contributed by atoms with E-state index in [9.17, 15) is 14.7 Å². The molecule has 0 radical (unpaired) electrons. The maximum Gasteiger partial charge on any atom is 0.319 e. The quantitative estimate of drug-likeness (QED) is 0.848. The van der Waals surface area contributed by atoms with E-state index >= 15 is 0 Å². The van der Waals surface area contributed by atoms with Crippen LogP contribution in [0.4, 0.5) is 0 Å². The molecule has 1 aliphatic carbocycles. The summed E-state index contributed by atoms with van der Waals surface area (Å²) in [6, 6.07) is 8.24. The van der Waals surface area contributed by atoms with Crippen molar-refractivity contribution in [3.63, 3.8) is 0 Å². The lowest BCUT2D eigenvalue weighted by Gasteiger charge is -2.32. The molecule has 0 heterocycles. The van der Waals surface area contributed by atoms with E-state index in [-0.39, 0.29) is 11.3 Å². The first kappa shape index (κ1) is 15.5. The molecule has 4 nitrogen and oxygen atoms in total. The van der Waals surface area contributed by atoms with Crippen LogP contribution in [0, 0.1) is 12.3 Å². The van der Waals surface area contributed by atoms with Crippen LogP contribution in [0.5, 0.6) is 0 Å². The molecule has 0 unspecified atom stereocenters. The zero-order valence-corrected chi connectivity index (χ0v) is 13.1. The minimum atomic E-state index is -1.15. The van der Waals surface area contributed by atoms with Crippen LogP contribution in [0.1, 0.15) is 37.8 Å². The van der Waals surface area contributed by atoms with Crippen molar-refractivity contribution in [2.24, 2.45) is 5.41 Å². The molecular formula is C17H23NO3. The van der Waals surface area contributed by atoms with E-state index in [4.69, 9.17) is 0 Å². The van der Waals surface area contributed by atoms with E-state index in [1.165, 1.54) is 5.56 Å². The van der Waals surface area contributed by atoms with Crippen molar-refractivity contribution >= 4 is 11.9 Å². The van der Waals surface area contributed by atoms with Crippen LogP contribution in [0.25, 0.3) is 0 Å². The Kier molecular flexibility index (Phi) is 3.83. The van der Waals surface area contributed by atoms with Gasteiger partial charge in [0.05, 0.1) is 0 Å². The third-order valence-electron chi connectivity index (χ3n) is 4.38. The van der Waals surface area contributed by atoms with Gasteiger partial charge in [-0.3, -0.25) is 9.59 Å². The fourth-order valence-corrected chi connectivity index (χ4v) is 2.77. The van der Waals surface area contributed by atoms with E-state index < -0.39 is 11.4 Å². The third kappa shape index (κ3) is 2.94. The summed E-state index contributed by atoms with van der Waals surface area (Å²) in [5.41, 5.74) is 0.972. The molecule has 1 fully saturated rings. The van der Waals surface area contributed by atoms with E-state index in [1.54, 1.807) is 11.9 Å². The average Bonchev–Trinajstić information content (AvgIpc) is 3.19. The molecule has 0 atom stereocenters. The van der Waals surface area contributed by atoms with Gasteiger partial charge in [0.2, 0.25) is 5.91 Å². The number of carbonyl (C=O) groups is 2. The molecule has 0 aliphatic heterocycles. The van der Waals surface area contributed by atoms with Crippen molar-refractivity contribution in [3.8, 4) is 0 Å². The number of aryl methyl sites for hydroxylation is 1. The highest BCUT2D eigenvalue weighted by atomic mass is 16.4. The molecule has 0 bridgehead atoms. The van der Waals surface area contributed by atoms with Gasteiger partial charge in [0.15, 0.2) is 0 Å². The molecule has 1 aromatic rings. The number of likely N-dealkylation sites (N-methyl/N-ethyl adjacent to an activating group) is 1. The smallest absolute Gasteiger partial charge is 0.319 e. The molecule has 1 amide bonds. The second-order valence-electron chi connectivity index (χ2n) is 6.80. The average molecular weight is 289 g/mol. The van der Waals surface area contributed by atoms with Crippen molar-refractivity contribution < 1.29 is 14.7 Å². The number of hydrogen-bond donors (Lipinski definition) is 1. The van der Waals surface area contributed by atoms with Crippen molar-refractivity contribution in [2.75, 3.05) is 13.6 Å². The Balaban J connectivity index is 2.11. The van der Waals surface area contributed by atoms with Gasteiger partial charge < -0.3 is 10.0 Å². The Labute approximate surface area is 125 Å². The fourth-order valence-electron chi connectivity index (χ4n) is 2.77. The van der Waals surface area contributed by atoms with Gasteiger partial charge in [-0.25, -0.2) is 0 Å². The van der Waals surface area contributed by atoms with Crippen LogP contribution in [0.15, 0.2) is 24.3 Å². The lowest BCUT2D eigenvalue weighted by molar-refractivity contribution is -0.153. The number of nitrogens with zero attached hydrogens (tertiary/aromatic N) is 1. The summed E-state index contributed by atoms with van der Waals surface area (Å²) < 4.78 is 0. The normalized spacial score (nSPS) is 16.4. The van der Waals surface area contributed by atoms with Crippen LogP contribution in [0.3, 0.4) is 0 Å². The number of aliphatic carboxylic acids is 1. The topological polar surface area (TPSA) is 57.6 Å². The highest BCUT2D eigenvalue weighted by Crippen LogP contribution is 2.47. The summed E-state index contributed by atoms with van der Waals surface area (Å²) in [6.45, 7) is 6.68. The van der Waals surface area contributed by atoms with Gasteiger partial charge in [0, 0.05) is 19.0 Å². The van der Waals surface area contributed by atoms with E-state index in [2.05, 4.69) is 38.1 Å². The molecule has 1 N–H and O–H groups in total. The lowest BCUT2D eigenvalue weighted by Crippen LogP contribution is -2.44. The number of carbonyl (C=O) groups excluding carboxylic acids is 1. The first-order valence-electron chi connectivity index (χ1n) is 7.25. The fraction of sp³-hybridized carbons (Fsp3) is 0.529. The monoisotopic (exact) mass is 289 g/mol. The summed E-state index contributed by atoms with van der Waals surface area (Å²) in [4.78, 5) is 25.2. The van der Waals surface area contributed by atoms with Crippen LogP contribution in [-0.2, 0) is 15.0 Å². The largest absolute Gasteiger partial charge is 0.480 e. The molecule has 21 heavy (non-hydrogen) atoms. The SMILES string of the molecule is Cc1ccc(C(C)(C)CN(C)C(=O)C2(C(=O)O)CC2)cc1. The Morgan fingerprint density at radius 2 is 1.76 bits per heavy atom. The van der Waals surface area contributed by atoms with Gasteiger partial charge in [-0.05, 0) is 25.3 Å². The summed E-state index contributed by atoms with van der Waals surface area (Å²) in [7, 11) is 1.70. The maximum atomic E-state index is 12.4. The summed E-state index contributed by atoms with van der Waals surface area (Å²) >= 11 is 0. The second-order valence-corrected chi connectivity index (χ2v) is 6.80. The first-order chi connectivity index (χ1) is 9.69. The van der Waals surface area contributed by atoms with Crippen molar-refractivity contribution in [1.82, 2.24) is 4.90 Å². The molecule has 4 heteroatoms. The van der Waals surface area contributed by atoms with Crippen LogP contribution >= 0.6 is 0 Å². The number of rotatable bonds is 5. The van der Waals surface area contributed by atoms with Gasteiger partial charge in [0.25, 0.3) is 0 Å². The molecule has 0 saturated heterocycles. The molecule has 0 spiro atoms. The minimum absolute atomic E-state index is 0.216. The van der Waals surface area contributed by atoms with Gasteiger partial charge in [-0.1, -0.05) is 43.7 Å². The highest BCUT2D eigenvalue weighted by Gasteiger charge is 2.58. The molecular weight excluding hydrogens is 266 g/mol. The number of hydrogen-bond acceptors (Lipinski definition) is 2. The molecule has 114 valence electrons. The van der Waals surface area contributed by atoms with Gasteiger partial charge >= 0.3 is 5.97 Å². The molecule has 2 rings (SSSR count).